The number of hydrogen-bond acceptors (Lipinski definition) is 1. The Hall–Kier alpha value is -1.75. The van der Waals surface area contributed by atoms with Crippen molar-refractivity contribution in [3.05, 3.63) is 47.0 Å². The van der Waals surface area contributed by atoms with Crippen molar-refractivity contribution in [1.82, 2.24) is 0 Å². The van der Waals surface area contributed by atoms with Crippen LogP contribution in [0.15, 0.2) is 24.4 Å². The molecule has 0 saturated heterocycles. The predicted molar refractivity (Wildman–Crippen MR) is 67.9 cm³/mol. The molecule has 0 spiro atoms. The third kappa shape index (κ3) is 1.69. The number of fused-ring (bicyclic) bond motifs is 1. The van der Waals surface area contributed by atoms with Crippen LogP contribution >= 0.6 is 0 Å². The number of nitrogens with one attached hydrogen (secondary N) is 1. The molecule has 0 bridgehead atoms. The van der Waals surface area contributed by atoms with Gasteiger partial charge in [-0.2, -0.15) is 0 Å². The highest BCUT2D eigenvalue weighted by Gasteiger charge is 2.22. The number of nitrogens with zero attached hydrogens (tertiary/aromatic N) is 1. The molecule has 1 N–H and O–H groups in total. The molecule has 1 aliphatic rings. The lowest BCUT2D eigenvalue weighted by atomic mass is 9.85. The molecule has 0 atom stereocenters. The van der Waals surface area contributed by atoms with Gasteiger partial charge in [0, 0.05) is 17.8 Å². The van der Waals surface area contributed by atoms with Crippen LogP contribution in [-0.4, -0.2) is 0 Å². The van der Waals surface area contributed by atoms with Crippen LogP contribution in [0.3, 0.4) is 0 Å². The molecule has 2 nitrogen and oxygen atoms in total. The highest BCUT2D eigenvalue weighted by Crippen LogP contribution is 2.40. The average molecular weight is 212 g/mol. The third-order valence-electron chi connectivity index (χ3n) is 2.89. The highest BCUT2D eigenvalue weighted by atomic mass is 14.9. The molecular formula is C14H16N2. The van der Waals surface area contributed by atoms with Crippen LogP contribution < -0.4 is 5.32 Å². The minimum Gasteiger partial charge on any atom is -0.368 e. The second-order valence-electron chi connectivity index (χ2n) is 5.30. The van der Waals surface area contributed by atoms with Gasteiger partial charge in [0.15, 0.2) is 0 Å². The monoisotopic (exact) mass is 212 g/mol. The second-order valence-corrected chi connectivity index (χ2v) is 5.30. The van der Waals surface area contributed by atoms with Crippen LogP contribution in [0.1, 0.15) is 31.9 Å². The van der Waals surface area contributed by atoms with E-state index in [1.807, 2.05) is 6.07 Å². The van der Waals surface area contributed by atoms with Crippen LogP contribution in [0.25, 0.3) is 4.85 Å². The van der Waals surface area contributed by atoms with Crippen molar-refractivity contribution in [1.29, 1.82) is 0 Å². The maximum atomic E-state index is 7.23. The van der Waals surface area contributed by atoms with Crippen molar-refractivity contribution in [2.24, 2.45) is 0 Å². The fraction of sp³-hybridized carbons (Fsp3) is 0.357. The van der Waals surface area contributed by atoms with Gasteiger partial charge in [0.1, 0.15) is 0 Å². The maximum absolute atomic E-state index is 7.23. The van der Waals surface area contributed by atoms with Crippen molar-refractivity contribution in [2.45, 2.75) is 32.6 Å². The van der Waals surface area contributed by atoms with Gasteiger partial charge in [-0.1, -0.05) is 45.0 Å². The molecular weight excluding hydrogens is 196 g/mol. The lowest BCUT2D eigenvalue weighted by Gasteiger charge is -2.20. The SMILES string of the molecule is [C-]#[N+]c1cc(C(C)(C)C)cc2c1NC(=C)C2. The van der Waals surface area contributed by atoms with Gasteiger partial charge in [0.25, 0.3) is 0 Å². The quantitative estimate of drug-likeness (QED) is 0.642. The van der Waals surface area contributed by atoms with E-state index in [1.165, 1.54) is 11.1 Å². The zero-order valence-electron chi connectivity index (χ0n) is 10.0. The van der Waals surface area contributed by atoms with E-state index in [9.17, 15) is 0 Å². The van der Waals surface area contributed by atoms with Gasteiger partial charge in [0.05, 0.1) is 6.57 Å². The molecule has 0 saturated carbocycles. The first-order chi connectivity index (χ1) is 7.41. The number of benzene rings is 1. The lowest BCUT2D eigenvalue weighted by Crippen LogP contribution is -2.11. The molecule has 0 amide bonds. The maximum Gasteiger partial charge on any atom is 0.210 e. The molecule has 16 heavy (non-hydrogen) atoms. The summed E-state index contributed by atoms with van der Waals surface area (Å²) in [7, 11) is 0. The molecule has 1 aromatic rings. The molecule has 1 aliphatic heterocycles. The minimum atomic E-state index is 0.0817. The van der Waals surface area contributed by atoms with E-state index in [0.717, 1.165) is 17.8 Å². The van der Waals surface area contributed by atoms with E-state index < -0.39 is 0 Å². The Kier molecular flexibility index (Phi) is 2.27. The molecule has 0 fully saturated rings. The normalized spacial score (nSPS) is 14.2. The largest absolute Gasteiger partial charge is 0.368 e. The fourth-order valence-electron chi connectivity index (χ4n) is 1.94. The van der Waals surface area contributed by atoms with Gasteiger partial charge < -0.3 is 5.32 Å². The first-order valence-electron chi connectivity index (χ1n) is 5.41. The zero-order chi connectivity index (χ0) is 11.9. The van der Waals surface area contributed by atoms with E-state index in [1.54, 1.807) is 0 Å². The highest BCUT2D eigenvalue weighted by molar-refractivity contribution is 5.79. The number of rotatable bonds is 0. The lowest BCUT2D eigenvalue weighted by molar-refractivity contribution is 0.590. The van der Waals surface area contributed by atoms with Crippen LogP contribution in [0.5, 0.6) is 0 Å². The average Bonchev–Trinajstić information content (AvgIpc) is 2.54. The van der Waals surface area contributed by atoms with Crippen LogP contribution in [0, 0.1) is 6.57 Å². The first kappa shape index (κ1) is 10.8. The Morgan fingerprint density at radius 1 is 1.38 bits per heavy atom. The van der Waals surface area contributed by atoms with Crippen molar-refractivity contribution >= 4 is 11.4 Å². The van der Waals surface area contributed by atoms with E-state index in [4.69, 9.17) is 6.57 Å². The summed E-state index contributed by atoms with van der Waals surface area (Å²) >= 11 is 0. The zero-order valence-corrected chi connectivity index (χ0v) is 10.0. The predicted octanol–water partition coefficient (Wildman–Crippen LogP) is 4.02. The number of allylic oxidation sites excluding steroid dienone is 1. The summed E-state index contributed by atoms with van der Waals surface area (Å²) < 4.78 is 0. The van der Waals surface area contributed by atoms with Gasteiger partial charge in [-0.15, -0.1) is 0 Å². The van der Waals surface area contributed by atoms with Gasteiger partial charge >= 0.3 is 0 Å². The fourth-order valence-corrected chi connectivity index (χ4v) is 1.94. The summed E-state index contributed by atoms with van der Waals surface area (Å²) in [6.07, 6.45) is 0.835. The van der Waals surface area contributed by atoms with E-state index in [2.05, 4.69) is 43.6 Å². The van der Waals surface area contributed by atoms with Crippen LogP contribution in [-0.2, 0) is 11.8 Å². The smallest absolute Gasteiger partial charge is 0.210 e. The molecule has 2 heteroatoms. The Bertz CT molecular complexity index is 499. The van der Waals surface area contributed by atoms with Gasteiger partial charge in [-0.05, 0) is 11.0 Å². The van der Waals surface area contributed by atoms with Crippen molar-refractivity contribution in [2.75, 3.05) is 5.32 Å². The molecule has 0 aromatic heterocycles. The second kappa shape index (κ2) is 3.38. The molecule has 82 valence electrons. The Balaban J connectivity index is 2.61. The van der Waals surface area contributed by atoms with E-state index >= 15 is 0 Å². The van der Waals surface area contributed by atoms with Crippen molar-refractivity contribution < 1.29 is 0 Å². The number of hydrogen-bond donors (Lipinski definition) is 1. The first-order valence-corrected chi connectivity index (χ1v) is 5.41. The van der Waals surface area contributed by atoms with Gasteiger partial charge in [-0.3, -0.25) is 0 Å². The molecule has 1 heterocycles. The van der Waals surface area contributed by atoms with Crippen molar-refractivity contribution in [3.8, 4) is 0 Å². The Labute approximate surface area is 96.8 Å². The Morgan fingerprint density at radius 3 is 2.62 bits per heavy atom. The third-order valence-corrected chi connectivity index (χ3v) is 2.89. The van der Waals surface area contributed by atoms with Crippen LogP contribution in [0.4, 0.5) is 11.4 Å². The molecule has 0 unspecified atom stereocenters. The summed E-state index contributed by atoms with van der Waals surface area (Å²) in [6.45, 7) is 17.7. The summed E-state index contributed by atoms with van der Waals surface area (Å²) in [6, 6.07) is 4.17. The van der Waals surface area contributed by atoms with Gasteiger partial charge in [-0.25, -0.2) is 4.85 Å². The van der Waals surface area contributed by atoms with E-state index in [-0.39, 0.29) is 5.41 Å². The summed E-state index contributed by atoms with van der Waals surface area (Å²) in [5.74, 6) is 0. The molecule has 1 aromatic carbocycles. The van der Waals surface area contributed by atoms with Gasteiger partial charge in [0.2, 0.25) is 5.69 Å². The van der Waals surface area contributed by atoms with Crippen molar-refractivity contribution in [3.63, 3.8) is 0 Å². The summed E-state index contributed by atoms with van der Waals surface area (Å²) in [5, 5.41) is 3.19. The summed E-state index contributed by atoms with van der Waals surface area (Å²) in [4.78, 5) is 3.60. The molecule has 2 rings (SSSR count). The Morgan fingerprint density at radius 2 is 2.06 bits per heavy atom. The van der Waals surface area contributed by atoms with E-state index in [0.29, 0.717) is 5.69 Å². The van der Waals surface area contributed by atoms with Crippen LogP contribution in [0.2, 0.25) is 0 Å². The number of anilines is 1. The molecule has 0 aliphatic carbocycles. The molecule has 0 radical (unpaired) electrons. The topological polar surface area (TPSA) is 16.4 Å². The summed E-state index contributed by atoms with van der Waals surface area (Å²) in [5.41, 5.74) is 5.13. The minimum absolute atomic E-state index is 0.0817. The standard InChI is InChI=1S/C14H16N2/c1-9-6-10-7-11(14(2,3)4)8-12(15-5)13(10)16-9/h7-8,16H,1,6H2,2-4H3.